The van der Waals surface area contributed by atoms with Crippen LogP contribution in [0.4, 0.5) is 0 Å². The summed E-state index contributed by atoms with van der Waals surface area (Å²) in [6.45, 7) is 1.18. The van der Waals surface area contributed by atoms with E-state index < -0.39 is 0 Å². The van der Waals surface area contributed by atoms with Gasteiger partial charge in [-0.25, -0.2) is 0 Å². The number of hydrogen-bond donors (Lipinski definition) is 0. The van der Waals surface area contributed by atoms with E-state index in [1.165, 1.54) is 0 Å². The Labute approximate surface area is 124 Å². The lowest BCUT2D eigenvalue weighted by atomic mass is 10.1. The Kier molecular flexibility index (Phi) is 4.27. The molecular weight excluding hydrogens is 276 g/mol. The lowest BCUT2D eigenvalue weighted by Gasteiger charge is -2.22. The lowest BCUT2D eigenvalue weighted by Crippen LogP contribution is -2.26. The summed E-state index contributed by atoms with van der Waals surface area (Å²) >= 11 is 6.16. The minimum absolute atomic E-state index is 0.0292. The summed E-state index contributed by atoms with van der Waals surface area (Å²) in [5.74, 6) is 0.0889. The van der Waals surface area contributed by atoms with Gasteiger partial charge in [-0.2, -0.15) is 0 Å². The average Bonchev–Trinajstić information content (AvgIpc) is 3.27. The van der Waals surface area contributed by atoms with Crippen LogP contribution < -0.4 is 0 Å². The second kappa shape index (κ2) is 6.15. The maximum atomic E-state index is 12.0. The van der Waals surface area contributed by atoms with Crippen LogP contribution >= 0.6 is 11.6 Å². The Morgan fingerprint density at radius 3 is 2.95 bits per heavy atom. The van der Waals surface area contributed by atoms with Crippen molar-refractivity contribution in [2.45, 2.75) is 37.7 Å². The largest absolute Gasteiger partial charge is 0.463 e. The smallest absolute Gasteiger partial charge is 0.309 e. The van der Waals surface area contributed by atoms with Gasteiger partial charge in [0.1, 0.15) is 6.61 Å². The van der Waals surface area contributed by atoms with Crippen LogP contribution in [0.3, 0.4) is 0 Å². The average molecular weight is 295 g/mol. The summed E-state index contributed by atoms with van der Waals surface area (Å²) in [5, 5.41) is 0.739. The third-order valence-corrected chi connectivity index (χ3v) is 4.43. The van der Waals surface area contributed by atoms with E-state index in [2.05, 4.69) is 0 Å². The maximum absolute atomic E-state index is 12.0. The molecule has 108 valence electrons. The number of hydrogen-bond acceptors (Lipinski definition) is 3. The zero-order chi connectivity index (χ0) is 13.9. The third-order valence-electron chi connectivity index (χ3n) is 4.08. The molecule has 1 aromatic rings. The molecule has 20 heavy (non-hydrogen) atoms. The topological polar surface area (TPSA) is 35.5 Å². The molecule has 0 amide bonds. The molecule has 3 rings (SSSR count). The molecule has 1 heterocycles. The first-order valence-electron chi connectivity index (χ1n) is 7.28. The standard InChI is InChI=1S/C16H19ClO3/c17-15-7-2-1-6-12(15)13-9-14(13)16(18)20-10-11-5-3-4-8-19-11/h1-2,6-7,11,13-14H,3-5,8-10H2. The Hall–Kier alpha value is -1.06. The van der Waals surface area contributed by atoms with Gasteiger partial charge < -0.3 is 9.47 Å². The van der Waals surface area contributed by atoms with Gasteiger partial charge in [-0.3, -0.25) is 4.79 Å². The summed E-state index contributed by atoms with van der Waals surface area (Å²) < 4.78 is 11.0. The van der Waals surface area contributed by atoms with Crippen LogP contribution in [-0.2, 0) is 14.3 Å². The number of carbonyl (C=O) groups excluding carboxylic acids is 1. The van der Waals surface area contributed by atoms with Crippen molar-refractivity contribution in [2.75, 3.05) is 13.2 Å². The molecule has 0 spiro atoms. The first-order chi connectivity index (χ1) is 9.75. The summed E-state index contributed by atoms with van der Waals surface area (Å²) in [5.41, 5.74) is 1.06. The summed E-state index contributed by atoms with van der Waals surface area (Å²) in [4.78, 5) is 12.0. The molecular formula is C16H19ClO3. The van der Waals surface area contributed by atoms with Crippen molar-refractivity contribution in [1.82, 2.24) is 0 Å². The van der Waals surface area contributed by atoms with E-state index >= 15 is 0 Å². The molecule has 1 saturated carbocycles. The van der Waals surface area contributed by atoms with Gasteiger partial charge in [0.2, 0.25) is 0 Å². The molecule has 2 aliphatic rings. The van der Waals surface area contributed by atoms with Gasteiger partial charge in [0, 0.05) is 11.6 Å². The van der Waals surface area contributed by atoms with Crippen LogP contribution in [0.15, 0.2) is 24.3 Å². The van der Waals surface area contributed by atoms with Crippen LogP contribution in [0, 0.1) is 5.92 Å². The molecule has 1 aromatic carbocycles. The van der Waals surface area contributed by atoms with Crippen LogP contribution in [0.1, 0.15) is 37.2 Å². The molecule has 3 unspecified atom stereocenters. The van der Waals surface area contributed by atoms with E-state index in [-0.39, 0.29) is 23.9 Å². The second-order valence-electron chi connectivity index (χ2n) is 5.59. The van der Waals surface area contributed by atoms with Gasteiger partial charge in [-0.1, -0.05) is 29.8 Å². The van der Waals surface area contributed by atoms with Gasteiger partial charge in [0.15, 0.2) is 0 Å². The highest BCUT2D eigenvalue weighted by atomic mass is 35.5. The highest BCUT2D eigenvalue weighted by Crippen LogP contribution is 2.50. The summed E-state index contributed by atoms with van der Waals surface area (Å²) in [6.07, 6.45) is 4.19. The monoisotopic (exact) mass is 294 g/mol. The van der Waals surface area contributed by atoms with Gasteiger partial charge in [-0.05, 0) is 43.2 Å². The van der Waals surface area contributed by atoms with Crippen molar-refractivity contribution in [1.29, 1.82) is 0 Å². The van der Waals surface area contributed by atoms with Gasteiger partial charge in [0.05, 0.1) is 12.0 Å². The van der Waals surface area contributed by atoms with E-state index in [9.17, 15) is 4.79 Å². The van der Waals surface area contributed by atoms with Crippen molar-refractivity contribution in [3.8, 4) is 0 Å². The van der Waals surface area contributed by atoms with Crippen molar-refractivity contribution in [2.24, 2.45) is 5.92 Å². The van der Waals surface area contributed by atoms with E-state index in [0.29, 0.717) is 6.61 Å². The SMILES string of the molecule is O=C(OCC1CCCCO1)C1CC1c1ccccc1Cl. The number of rotatable bonds is 4. The fourth-order valence-corrected chi connectivity index (χ4v) is 3.07. The number of esters is 1. The quantitative estimate of drug-likeness (QED) is 0.797. The predicted octanol–water partition coefficient (Wildman–Crippen LogP) is 3.56. The van der Waals surface area contributed by atoms with E-state index in [4.69, 9.17) is 21.1 Å². The Morgan fingerprint density at radius 1 is 1.35 bits per heavy atom. The second-order valence-corrected chi connectivity index (χ2v) is 6.00. The molecule has 0 radical (unpaired) electrons. The van der Waals surface area contributed by atoms with E-state index in [1.807, 2.05) is 24.3 Å². The van der Waals surface area contributed by atoms with Crippen molar-refractivity contribution >= 4 is 17.6 Å². The van der Waals surface area contributed by atoms with Crippen molar-refractivity contribution in [3.63, 3.8) is 0 Å². The third kappa shape index (κ3) is 3.15. The zero-order valence-electron chi connectivity index (χ0n) is 11.4. The van der Waals surface area contributed by atoms with Crippen molar-refractivity contribution in [3.05, 3.63) is 34.9 Å². The Balaban J connectivity index is 1.49. The fourth-order valence-electron chi connectivity index (χ4n) is 2.80. The number of carbonyl (C=O) groups is 1. The Bertz CT molecular complexity index is 482. The first-order valence-corrected chi connectivity index (χ1v) is 7.66. The van der Waals surface area contributed by atoms with Crippen LogP contribution in [-0.4, -0.2) is 25.3 Å². The number of benzene rings is 1. The highest BCUT2D eigenvalue weighted by molar-refractivity contribution is 6.31. The van der Waals surface area contributed by atoms with E-state index in [0.717, 1.165) is 42.9 Å². The Morgan fingerprint density at radius 2 is 2.20 bits per heavy atom. The molecule has 1 saturated heterocycles. The van der Waals surface area contributed by atoms with Crippen LogP contribution in [0.25, 0.3) is 0 Å². The summed E-state index contributed by atoms with van der Waals surface area (Å²) in [7, 11) is 0. The van der Waals surface area contributed by atoms with Gasteiger partial charge >= 0.3 is 5.97 Å². The van der Waals surface area contributed by atoms with Gasteiger partial charge in [0.25, 0.3) is 0 Å². The predicted molar refractivity (Wildman–Crippen MR) is 76.9 cm³/mol. The molecule has 1 aliphatic heterocycles. The molecule has 3 nitrogen and oxygen atoms in total. The molecule has 0 bridgehead atoms. The molecule has 1 aliphatic carbocycles. The van der Waals surface area contributed by atoms with Crippen LogP contribution in [0.5, 0.6) is 0 Å². The molecule has 4 heteroatoms. The van der Waals surface area contributed by atoms with Crippen molar-refractivity contribution < 1.29 is 14.3 Å². The number of ether oxygens (including phenoxy) is 2. The van der Waals surface area contributed by atoms with E-state index in [1.54, 1.807) is 0 Å². The molecule has 0 N–H and O–H groups in total. The first kappa shape index (κ1) is 13.9. The maximum Gasteiger partial charge on any atom is 0.309 e. The van der Waals surface area contributed by atoms with Gasteiger partial charge in [-0.15, -0.1) is 0 Å². The molecule has 0 aromatic heterocycles. The molecule has 2 fully saturated rings. The highest BCUT2D eigenvalue weighted by Gasteiger charge is 2.46. The fraction of sp³-hybridized carbons (Fsp3) is 0.562. The minimum Gasteiger partial charge on any atom is -0.463 e. The normalized spacial score (nSPS) is 28.9. The number of halogens is 1. The zero-order valence-corrected chi connectivity index (χ0v) is 12.1. The van der Waals surface area contributed by atoms with Crippen LogP contribution in [0.2, 0.25) is 5.02 Å². The molecule has 3 atom stereocenters. The summed E-state index contributed by atoms with van der Waals surface area (Å²) in [6, 6.07) is 7.72. The minimum atomic E-state index is -0.107. The lowest BCUT2D eigenvalue weighted by molar-refractivity contribution is -0.150.